The first kappa shape index (κ1) is 15.8. The van der Waals surface area contributed by atoms with Crippen molar-refractivity contribution in [3.05, 3.63) is 60.2 Å². The highest BCUT2D eigenvalue weighted by Crippen LogP contribution is 2.28. The van der Waals surface area contributed by atoms with Gasteiger partial charge < -0.3 is 9.26 Å². The van der Waals surface area contributed by atoms with Gasteiger partial charge in [0.2, 0.25) is 11.7 Å². The van der Waals surface area contributed by atoms with Crippen molar-refractivity contribution in [2.75, 3.05) is 20.2 Å². The van der Waals surface area contributed by atoms with Crippen LogP contribution in [0.15, 0.2) is 53.3 Å². The van der Waals surface area contributed by atoms with Crippen molar-refractivity contribution in [1.82, 2.24) is 20.0 Å². The molecule has 3 aromatic rings. The highest BCUT2D eigenvalue weighted by Gasteiger charge is 2.28. The largest absolute Gasteiger partial charge is 0.497 e. The van der Waals surface area contributed by atoms with E-state index in [9.17, 15) is 0 Å². The van der Waals surface area contributed by atoms with E-state index in [1.165, 1.54) is 5.56 Å². The lowest BCUT2D eigenvalue weighted by Gasteiger charge is -2.15. The van der Waals surface area contributed by atoms with Gasteiger partial charge in [0.05, 0.1) is 13.0 Å². The quantitative estimate of drug-likeness (QED) is 0.713. The smallest absolute Gasteiger partial charge is 0.231 e. The molecule has 2 aromatic heterocycles. The van der Waals surface area contributed by atoms with Gasteiger partial charge in [0.15, 0.2) is 0 Å². The number of rotatable bonds is 5. The van der Waals surface area contributed by atoms with Crippen LogP contribution in [0.2, 0.25) is 0 Å². The van der Waals surface area contributed by atoms with Gasteiger partial charge >= 0.3 is 0 Å². The van der Waals surface area contributed by atoms with Gasteiger partial charge in [-0.1, -0.05) is 17.3 Å². The summed E-state index contributed by atoms with van der Waals surface area (Å²) in [6.07, 6.45) is 4.52. The molecule has 6 nitrogen and oxygen atoms in total. The normalized spacial score (nSPS) is 17.7. The van der Waals surface area contributed by atoms with Crippen LogP contribution in [0.4, 0.5) is 0 Å². The third-order valence-corrected chi connectivity index (χ3v) is 4.55. The third kappa shape index (κ3) is 3.53. The molecule has 0 spiro atoms. The maximum absolute atomic E-state index is 5.50. The van der Waals surface area contributed by atoms with Crippen LogP contribution in [0.5, 0.6) is 5.75 Å². The first-order valence-electron chi connectivity index (χ1n) is 8.41. The van der Waals surface area contributed by atoms with E-state index < -0.39 is 0 Å². The molecule has 128 valence electrons. The molecule has 0 bridgehead atoms. The number of hydrogen-bond donors (Lipinski definition) is 0. The summed E-state index contributed by atoms with van der Waals surface area (Å²) in [6, 6.07) is 12.0. The van der Waals surface area contributed by atoms with E-state index in [2.05, 4.69) is 32.2 Å². The zero-order valence-corrected chi connectivity index (χ0v) is 14.1. The summed E-state index contributed by atoms with van der Waals surface area (Å²) < 4.78 is 10.7. The van der Waals surface area contributed by atoms with Crippen molar-refractivity contribution in [2.24, 2.45) is 0 Å². The number of nitrogens with zero attached hydrogens (tertiary/aromatic N) is 4. The number of ether oxygens (including phenoxy) is 1. The zero-order chi connectivity index (χ0) is 17.1. The summed E-state index contributed by atoms with van der Waals surface area (Å²) in [7, 11) is 1.68. The van der Waals surface area contributed by atoms with Gasteiger partial charge in [0, 0.05) is 31.0 Å². The second kappa shape index (κ2) is 7.03. The number of methoxy groups -OCH3 is 1. The van der Waals surface area contributed by atoms with Crippen LogP contribution in [-0.2, 0) is 6.54 Å². The molecule has 1 aliphatic heterocycles. The summed E-state index contributed by atoms with van der Waals surface area (Å²) in [5.41, 5.74) is 2.16. The summed E-state index contributed by atoms with van der Waals surface area (Å²) in [6.45, 7) is 2.88. The third-order valence-electron chi connectivity index (χ3n) is 4.55. The Labute approximate surface area is 146 Å². The Morgan fingerprint density at radius 3 is 2.88 bits per heavy atom. The number of pyridine rings is 1. The van der Waals surface area contributed by atoms with Crippen molar-refractivity contribution in [3.63, 3.8) is 0 Å². The van der Waals surface area contributed by atoms with Crippen molar-refractivity contribution in [1.29, 1.82) is 0 Å². The highest BCUT2D eigenvalue weighted by atomic mass is 16.5. The Hall–Kier alpha value is -2.73. The summed E-state index contributed by atoms with van der Waals surface area (Å²) in [5.74, 6) is 2.50. The first-order chi connectivity index (χ1) is 12.3. The van der Waals surface area contributed by atoms with Crippen molar-refractivity contribution >= 4 is 0 Å². The minimum absolute atomic E-state index is 0.288. The van der Waals surface area contributed by atoms with E-state index in [-0.39, 0.29) is 5.92 Å². The molecule has 1 fully saturated rings. The van der Waals surface area contributed by atoms with Crippen LogP contribution in [0.1, 0.15) is 23.8 Å². The van der Waals surface area contributed by atoms with Gasteiger partial charge in [0.25, 0.3) is 0 Å². The number of hydrogen-bond acceptors (Lipinski definition) is 6. The van der Waals surface area contributed by atoms with Gasteiger partial charge in [-0.3, -0.25) is 9.88 Å². The van der Waals surface area contributed by atoms with Gasteiger partial charge in [-0.15, -0.1) is 0 Å². The fourth-order valence-corrected chi connectivity index (χ4v) is 3.18. The van der Waals surface area contributed by atoms with E-state index in [1.54, 1.807) is 19.5 Å². The Morgan fingerprint density at radius 2 is 2.12 bits per heavy atom. The van der Waals surface area contributed by atoms with E-state index in [4.69, 9.17) is 9.26 Å². The molecular formula is C19H20N4O2. The van der Waals surface area contributed by atoms with Gasteiger partial charge in [-0.2, -0.15) is 4.98 Å². The van der Waals surface area contributed by atoms with Crippen LogP contribution < -0.4 is 4.74 Å². The molecule has 0 unspecified atom stereocenters. The van der Waals surface area contributed by atoms with E-state index in [0.29, 0.717) is 5.82 Å². The minimum atomic E-state index is 0.288. The molecule has 0 N–H and O–H groups in total. The van der Waals surface area contributed by atoms with E-state index >= 15 is 0 Å². The fourth-order valence-electron chi connectivity index (χ4n) is 3.18. The standard InChI is InChI=1S/C19H20N4O2/c1-24-17-6-4-14(5-7-17)12-23-10-8-16(13-23)19-21-18(22-25-19)15-3-2-9-20-11-15/h2-7,9,11,16H,8,10,12-13H2,1H3/t16-/m1/s1. The fraction of sp³-hybridized carbons (Fsp3) is 0.316. The Balaban J connectivity index is 1.39. The van der Waals surface area contributed by atoms with Crippen LogP contribution in [-0.4, -0.2) is 40.2 Å². The summed E-state index contributed by atoms with van der Waals surface area (Å²) in [5, 5.41) is 4.10. The van der Waals surface area contributed by atoms with Gasteiger partial charge in [0.1, 0.15) is 5.75 Å². The molecule has 25 heavy (non-hydrogen) atoms. The lowest BCUT2D eigenvalue weighted by Crippen LogP contribution is -2.19. The Morgan fingerprint density at radius 1 is 1.24 bits per heavy atom. The molecule has 1 aromatic carbocycles. The van der Waals surface area contributed by atoms with Gasteiger partial charge in [-0.25, -0.2) is 0 Å². The average Bonchev–Trinajstić information content (AvgIpc) is 3.32. The molecule has 3 heterocycles. The second-order valence-corrected chi connectivity index (χ2v) is 6.27. The molecule has 0 radical (unpaired) electrons. The predicted molar refractivity (Wildman–Crippen MR) is 93.2 cm³/mol. The maximum Gasteiger partial charge on any atom is 0.231 e. The minimum Gasteiger partial charge on any atom is -0.497 e. The van der Waals surface area contributed by atoms with Crippen LogP contribution in [0.25, 0.3) is 11.4 Å². The lowest BCUT2D eigenvalue weighted by molar-refractivity contribution is 0.309. The summed E-state index contributed by atoms with van der Waals surface area (Å²) >= 11 is 0. The maximum atomic E-state index is 5.50. The monoisotopic (exact) mass is 336 g/mol. The SMILES string of the molecule is COc1ccc(CN2CC[C@@H](c3nc(-c4cccnc4)no3)C2)cc1. The highest BCUT2D eigenvalue weighted by molar-refractivity contribution is 5.51. The average molecular weight is 336 g/mol. The molecule has 0 aliphatic carbocycles. The Kier molecular flexibility index (Phi) is 4.43. The van der Waals surface area contributed by atoms with Crippen molar-refractivity contribution < 1.29 is 9.26 Å². The van der Waals surface area contributed by atoms with Crippen molar-refractivity contribution in [3.8, 4) is 17.1 Å². The number of likely N-dealkylation sites (tertiary alicyclic amines) is 1. The van der Waals surface area contributed by atoms with Gasteiger partial charge in [-0.05, 0) is 42.8 Å². The summed E-state index contributed by atoms with van der Waals surface area (Å²) in [4.78, 5) is 11.1. The molecule has 1 atom stereocenters. The first-order valence-corrected chi connectivity index (χ1v) is 8.41. The molecule has 6 heteroatoms. The van der Waals surface area contributed by atoms with Crippen LogP contribution in [0, 0.1) is 0 Å². The topological polar surface area (TPSA) is 64.3 Å². The van der Waals surface area contributed by atoms with Crippen LogP contribution >= 0.6 is 0 Å². The molecule has 0 amide bonds. The predicted octanol–water partition coefficient (Wildman–Crippen LogP) is 3.13. The molecule has 1 saturated heterocycles. The second-order valence-electron chi connectivity index (χ2n) is 6.27. The van der Waals surface area contributed by atoms with E-state index in [1.807, 2.05) is 24.3 Å². The molecule has 4 rings (SSSR count). The Bertz CT molecular complexity index is 817. The number of aromatic nitrogens is 3. The van der Waals surface area contributed by atoms with Crippen molar-refractivity contribution in [2.45, 2.75) is 18.9 Å². The molecule has 0 saturated carbocycles. The lowest BCUT2D eigenvalue weighted by atomic mass is 10.1. The van der Waals surface area contributed by atoms with E-state index in [0.717, 1.165) is 43.3 Å². The molecule has 1 aliphatic rings. The molecular weight excluding hydrogens is 316 g/mol. The number of benzene rings is 1. The zero-order valence-electron chi connectivity index (χ0n) is 14.1. The van der Waals surface area contributed by atoms with Crippen LogP contribution in [0.3, 0.4) is 0 Å².